The van der Waals surface area contributed by atoms with Crippen LogP contribution in [0.3, 0.4) is 0 Å². The van der Waals surface area contributed by atoms with E-state index >= 15 is 0 Å². The Labute approximate surface area is 42.2 Å². The molecular formula is C3H9In. The zero-order valence-corrected chi connectivity index (χ0v) is 9.12. The van der Waals surface area contributed by atoms with Gasteiger partial charge in [-0.25, -0.2) is 0 Å². The average Bonchev–Trinajstić information content (AvgIpc) is 1.37. The normalized spacial score (nSPS) is 7.25. The van der Waals surface area contributed by atoms with E-state index in [-0.39, 0.29) is 0 Å². The third-order valence-electron chi connectivity index (χ3n) is 0.500. The summed E-state index contributed by atoms with van der Waals surface area (Å²) < 4.78 is 1.53. The fourth-order valence-corrected chi connectivity index (χ4v) is 0. The van der Waals surface area contributed by atoms with Crippen LogP contribution in [0.25, 0.3) is 0 Å². The van der Waals surface area contributed by atoms with Gasteiger partial charge in [0.25, 0.3) is 0 Å². The van der Waals surface area contributed by atoms with Crippen molar-refractivity contribution in [2.45, 2.75) is 17.5 Å². The molecule has 0 amide bonds. The van der Waals surface area contributed by atoms with Gasteiger partial charge in [-0.1, -0.05) is 0 Å². The van der Waals surface area contributed by atoms with E-state index in [9.17, 15) is 0 Å². The first-order chi connectivity index (χ1) is 1.91. The molecule has 0 unspecified atom stereocenters. The standard InChI is InChI=1S/C3H7.In.2H/c1-3-2;;;/h1,3H2,2H3;;;. The second-order valence-electron chi connectivity index (χ2n) is 1.000. The van der Waals surface area contributed by atoms with E-state index in [0.29, 0.717) is 0 Å². The first-order valence-electron chi connectivity index (χ1n) is 1.91. The van der Waals surface area contributed by atoms with Crippen LogP contribution < -0.4 is 0 Å². The van der Waals surface area contributed by atoms with Gasteiger partial charge in [-0.15, -0.1) is 0 Å². The van der Waals surface area contributed by atoms with E-state index in [2.05, 4.69) is 6.92 Å². The Balaban J connectivity index is 1.97. The Morgan fingerprint density at radius 3 is 2.00 bits per heavy atom. The van der Waals surface area contributed by atoms with Crippen LogP contribution in [-0.2, 0) is 0 Å². The van der Waals surface area contributed by atoms with Crippen molar-refractivity contribution in [3.8, 4) is 0 Å². The van der Waals surface area contributed by atoms with Crippen molar-refractivity contribution in [3.05, 3.63) is 0 Å². The predicted octanol–water partition coefficient (Wildman–Crippen LogP) is 0.448. The van der Waals surface area contributed by atoms with E-state index in [1.807, 2.05) is 0 Å². The Kier molecular flexibility index (Phi) is 4.71. The number of rotatable bonds is 1. The van der Waals surface area contributed by atoms with Crippen LogP contribution in [0, 0.1) is 0 Å². The van der Waals surface area contributed by atoms with Crippen molar-refractivity contribution in [1.29, 1.82) is 0 Å². The van der Waals surface area contributed by atoms with Gasteiger partial charge in [0.2, 0.25) is 0 Å². The fourth-order valence-electron chi connectivity index (χ4n) is 0. The van der Waals surface area contributed by atoms with E-state index in [0.717, 1.165) is 24.4 Å². The van der Waals surface area contributed by atoms with Gasteiger partial charge in [0.05, 0.1) is 0 Å². The minimum absolute atomic E-state index is 0.985. The fraction of sp³-hybridized carbons (Fsp3) is 1.00. The summed E-state index contributed by atoms with van der Waals surface area (Å²) >= 11 is 0.985. The predicted molar refractivity (Wildman–Crippen MR) is 23.6 cm³/mol. The second kappa shape index (κ2) is 3.87. The second-order valence-corrected chi connectivity index (χ2v) is 3.85. The number of hydrogen-bond acceptors (Lipinski definition) is 0. The Morgan fingerprint density at radius 1 is 1.75 bits per heavy atom. The van der Waals surface area contributed by atoms with Crippen LogP contribution >= 0.6 is 0 Å². The number of hydrogen-bond donors (Lipinski definition) is 0. The Morgan fingerprint density at radius 2 is 2.00 bits per heavy atom. The molecule has 0 saturated heterocycles. The van der Waals surface area contributed by atoms with Crippen LogP contribution in [0.1, 0.15) is 13.3 Å². The van der Waals surface area contributed by atoms with Crippen molar-refractivity contribution in [3.63, 3.8) is 0 Å². The molecule has 0 atom stereocenters. The molecular weight excluding hydrogens is 151 g/mol. The van der Waals surface area contributed by atoms with Crippen LogP contribution in [-0.4, -0.2) is 24.4 Å². The monoisotopic (exact) mass is 160 g/mol. The van der Waals surface area contributed by atoms with Crippen molar-refractivity contribution in [2.24, 2.45) is 0 Å². The molecule has 0 fully saturated rings. The SMILES string of the molecule is CC[CH2][InH2]. The third-order valence-corrected chi connectivity index (χ3v) is 3.35. The summed E-state index contributed by atoms with van der Waals surface area (Å²) in [6.45, 7) is 2.23. The van der Waals surface area contributed by atoms with Gasteiger partial charge in [0.1, 0.15) is 0 Å². The molecule has 0 nitrogen and oxygen atoms in total. The molecule has 0 aromatic heterocycles. The molecule has 0 bridgehead atoms. The third kappa shape index (κ3) is 2.87. The quantitative estimate of drug-likeness (QED) is 0.522. The molecule has 0 aromatic rings. The van der Waals surface area contributed by atoms with E-state index < -0.39 is 0 Å². The molecule has 0 aliphatic heterocycles. The van der Waals surface area contributed by atoms with Crippen LogP contribution in [0.4, 0.5) is 0 Å². The molecule has 4 heavy (non-hydrogen) atoms. The van der Waals surface area contributed by atoms with Gasteiger partial charge >= 0.3 is 41.9 Å². The molecule has 0 aromatic carbocycles. The van der Waals surface area contributed by atoms with Gasteiger partial charge < -0.3 is 0 Å². The van der Waals surface area contributed by atoms with Gasteiger partial charge in [-0.3, -0.25) is 0 Å². The van der Waals surface area contributed by atoms with Crippen molar-refractivity contribution >= 4 is 24.4 Å². The van der Waals surface area contributed by atoms with Crippen LogP contribution in [0.15, 0.2) is 0 Å². The summed E-state index contributed by atoms with van der Waals surface area (Å²) in [4.78, 5) is 0. The molecule has 0 aliphatic carbocycles. The molecule has 0 N–H and O–H groups in total. The molecule has 0 aliphatic rings. The maximum absolute atomic E-state index is 2.23. The van der Waals surface area contributed by atoms with E-state index in [4.69, 9.17) is 0 Å². The molecule has 0 spiro atoms. The van der Waals surface area contributed by atoms with E-state index in [1.165, 1.54) is 10.6 Å². The molecule has 24 valence electrons. The summed E-state index contributed by atoms with van der Waals surface area (Å²) in [7, 11) is 0. The minimum atomic E-state index is 0.985. The Bertz CT molecular complexity index is 5.25. The van der Waals surface area contributed by atoms with Gasteiger partial charge in [-0.2, -0.15) is 0 Å². The molecule has 1 heteroatoms. The van der Waals surface area contributed by atoms with Crippen molar-refractivity contribution in [2.75, 3.05) is 0 Å². The zero-order chi connectivity index (χ0) is 3.41. The van der Waals surface area contributed by atoms with Gasteiger partial charge in [0, 0.05) is 0 Å². The average molecular weight is 160 g/mol. The molecule has 0 heterocycles. The summed E-state index contributed by atoms with van der Waals surface area (Å²) in [5, 5.41) is 0. The first kappa shape index (κ1) is 4.87. The maximum atomic E-state index is 2.23. The summed E-state index contributed by atoms with van der Waals surface area (Å²) in [6.07, 6.45) is 1.41. The van der Waals surface area contributed by atoms with Crippen LogP contribution in [0.2, 0.25) is 4.18 Å². The summed E-state index contributed by atoms with van der Waals surface area (Å²) in [5.41, 5.74) is 0. The zero-order valence-electron chi connectivity index (χ0n) is 3.41. The topological polar surface area (TPSA) is 0 Å². The Hall–Kier alpha value is 0.870. The summed E-state index contributed by atoms with van der Waals surface area (Å²) in [5.74, 6) is 0. The molecule has 0 saturated carbocycles. The molecule has 0 rings (SSSR count). The van der Waals surface area contributed by atoms with Crippen molar-refractivity contribution in [1.82, 2.24) is 0 Å². The first-order valence-corrected chi connectivity index (χ1v) is 5.95. The van der Waals surface area contributed by atoms with Gasteiger partial charge in [-0.05, 0) is 0 Å². The molecule has 0 radical (unpaired) electrons. The van der Waals surface area contributed by atoms with Crippen molar-refractivity contribution < 1.29 is 0 Å². The van der Waals surface area contributed by atoms with Gasteiger partial charge in [0.15, 0.2) is 0 Å². The summed E-state index contributed by atoms with van der Waals surface area (Å²) in [6, 6.07) is 0. The van der Waals surface area contributed by atoms with E-state index in [1.54, 1.807) is 0 Å². The van der Waals surface area contributed by atoms with Crippen LogP contribution in [0.5, 0.6) is 0 Å².